The van der Waals surface area contributed by atoms with Gasteiger partial charge in [-0.2, -0.15) is 0 Å². The molecule has 0 saturated carbocycles. The molecule has 3 heterocycles. The minimum Gasteiger partial charge on any atom is -0.294 e. The van der Waals surface area contributed by atoms with Crippen LogP contribution >= 0.6 is 0 Å². The van der Waals surface area contributed by atoms with Gasteiger partial charge in [0.25, 0.3) is 34.1 Å². The van der Waals surface area contributed by atoms with Crippen LogP contribution in [0.15, 0.2) is 147 Å². The first-order valence-corrected chi connectivity index (χ1v) is 18.8. The third-order valence-corrected chi connectivity index (χ3v) is 10.9. The molecule has 2 amide bonds. The van der Waals surface area contributed by atoms with E-state index >= 15 is 0 Å². The molecule has 10 nitrogen and oxygen atoms in total. The molecule has 10 heteroatoms. The second kappa shape index (κ2) is 13.9. The number of imide groups is 1. The number of carbonyl (C=O) groups excluding carboxylic acids is 3. The Bertz CT molecular complexity index is 3140. The van der Waals surface area contributed by atoms with E-state index in [0.717, 1.165) is 36.3 Å². The van der Waals surface area contributed by atoms with E-state index in [1.807, 2.05) is 31.2 Å². The van der Waals surface area contributed by atoms with Crippen molar-refractivity contribution in [3.05, 3.63) is 213 Å². The number of ketones is 1. The molecule has 58 heavy (non-hydrogen) atoms. The lowest BCUT2D eigenvalue weighted by molar-refractivity contribution is 0.0925. The van der Waals surface area contributed by atoms with Gasteiger partial charge < -0.3 is 0 Å². The molecule has 0 N–H and O–H groups in total. The van der Waals surface area contributed by atoms with E-state index in [-0.39, 0.29) is 44.9 Å². The molecule has 1 aliphatic heterocycles. The first kappa shape index (κ1) is 36.1. The molecule has 9 rings (SSSR count). The van der Waals surface area contributed by atoms with Gasteiger partial charge in [-0.1, -0.05) is 79.2 Å². The van der Waals surface area contributed by atoms with E-state index in [1.165, 1.54) is 29.8 Å². The maximum absolute atomic E-state index is 13.7. The van der Waals surface area contributed by atoms with Gasteiger partial charge in [0.2, 0.25) is 0 Å². The summed E-state index contributed by atoms with van der Waals surface area (Å²) in [6.07, 6.45) is 1.47. The topological polar surface area (TPSA) is 133 Å². The summed E-state index contributed by atoms with van der Waals surface area (Å²) in [5.74, 6) is -1.05. The maximum atomic E-state index is 13.7. The van der Waals surface area contributed by atoms with E-state index in [4.69, 9.17) is 0 Å². The quantitative estimate of drug-likeness (QED) is 0.117. The van der Waals surface area contributed by atoms with Crippen molar-refractivity contribution < 1.29 is 14.4 Å². The van der Waals surface area contributed by atoms with Crippen LogP contribution in [0.3, 0.4) is 0 Å². The van der Waals surface area contributed by atoms with Crippen LogP contribution in [0.2, 0.25) is 0 Å². The van der Waals surface area contributed by atoms with Crippen LogP contribution in [0.25, 0.3) is 32.9 Å². The summed E-state index contributed by atoms with van der Waals surface area (Å²) < 4.78 is 2.12. The van der Waals surface area contributed by atoms with Crippen molar-refractivity contribution >= 4 is 44.8 Å². The van der Waals surface area contributed by atoms with Gasteiger partial charge in [-0.05, 0) is 103 Å². The summed E-state index contributed by atoms with van der Waals surface area (Å²) in [4.78, 5) is 94.2. The van der Waals surface area contributed by atoms with Crippen LogP contribution < -0.4 is 27.1 Å². The Morgan fingerprint density at radius 1 is 0.448 bits per heavy atom. The zero-order valence-electron chi connectivity index (χ0n) is 31.4. The minimum absolute atomic E-state index is 0.0531. The van der Waals surface area contributed by atoms with Crippen molar-refractivity contribution in [3.63, 3.8) is 0 Å². The van der Waals surface area contributed by atoms with Crippen molar-refractivity contribution in [2.45, 2.75) is 33.1 Å². The monoisotopic (exact) mass is 763 g/mol. The number of nitrogens with zero attached hydrogens (tertiary/aromatic N) is 3. The lowest BCUT2D eigenvalue weighted by Gasteiger charge is -2.14. The number of Topliss-reactive ketones (excluding diaryl/α,β-unsaturated/α-hetero) is 1. The second-order valence-electron chi connectivity index (χ2n) is 14.7. The molecule has 2 aromatic heterocycles. The summed E-state index contributed by atoms with van der Waals surface area (Å²) in [6.45, 7) is 3.77. The number of aromatic nitrogens is 2. The molecule has 0 aliphatic carbocycles. The number of anilines is 1. The highest BCUT2D eigenvalue weighted by molar-refractivity contribution is 6.34. The van der Waals surface area contributed by atoms with Gasteiger partial charge in [-0.15, -0.1) is 0 Å². The highest BCUT2D eigenvalue weighted by Crippen LogP contribution is 2.30. The Labute approximate surface area is 330 Å². The van der Waals surface area contributed by atoms with Gasteiger partial charge in [-0.3, -0.25) is 33.6 Å². The van der Waals surface area contributed by atoms with Gasteiger partial charge in [0.05, 0.1) is 49.7 Å². The summed E-state index contributed by atoms with van der Waals surface area (Å²) in [6, 6.07) is 36.6. The predicted molar refractivity (Wildman–Crippen MR) is 223 cm³/mol. The van der Waals surface area contributed by atoms with E-state index in [1.54, 1.807) is 61.5 Å². The average molecular weight is 764 g/mol. The van der Waals surface area contributed by atoms with Gasteiger partial charge in [0.15, 0.2) is 5.78 Å². The molecule has 0 atom stereocenters. The molecule has 0 unspecified atom stereocenters. The molecule has 282 valence electrons. The summed E-state index contributed by atoms with van der Waals surface area (Å²) >= 11 is 0. The van der Waals surface area contributed by atoms with Crippen LogP contribution in [0, 0.1) is 6.92 Å². The Kier molecular flexibility index (Phi) is 8.62. The zero-order chi connectivity index (χ0) is 40.4. The van der Waals surface area contributed by atoms with Gasteiger partial charge >= 0.3 is 0 Å². The molecular weight excluding hydrogens is 731 g/mol. The fourth-order valence-corrected chi connectivity index (χ4v) is 7.76. The number of rotatable bonds is 9. The molecule has 8 aromatic rings. The van der Waals surface area contributed by atoms with Gasteiger partial charge in [0.1, 0.15) is 0 Å². The van der Waals surface area contributed by atoms with E-state index in [9.17, 15) is 33.6 Å². The van der Waals surface area contributed by atoms with Crippen LogP contribution in [-0.2, 0) is 12.8 Å². The number of benzene rings is 6. The average Bonchev–Trinajstić information content (AvgIpc) is 3.75. The first-order valence-electron chi connectivity index (χ1n) is 18.8. The third-order valence-electron chi connectivity index (χ3n) is 10.9. The van der Waals surface area contributed by atoms with Crippen molar-refractivity contribution in [2.24, 2.45) is 0 Å². The number of fused-ring (bicyclic) bond motifs is 3. The van der Waals surface area contributed by atoms with Crippen molar-refractivity contribution in [1.82, 2.24) is 9.13 Å². The molecule has 6 aromatic carbocycles. The molecule has 0 saturated heterocycles. The number of carbonyl (C=O) groups is 3. The SMILES string of the molecule is CCC(=O)c1ccc2c(c1)C(=O)N(c1ccc(Cc3ccc(-n4c(=O)c5cc6c(=O)n(-c7ccc(Cc8ccc(C)cc8)cc7)c(=O)c6cc5c4=O)cc3)cc1)C2=O. The smallest absolute Gasteiger partial charge is 0.266 e. The number of hydrogen-bond acceptors (Lipinski definition) is 7. The number of aryl methyl sites for hydroxylation is 1. The van der Waals surface area contributed by atoms with Crippen LogP contribution in [0.1, 0.15) is 72.2 Å². The van der Waals surface area contributed by atoms with Crippen LogP contribution in [0.5, 0.6) is 0 Å². The lowest BCUT2D eigenvalue weighted by atomic mass is 10.0. The Morgan fingerprint density at radius 2 is 0.828 bits per heavy atom. The van der Waals surface area contributed by atoms with Crippen LogP contribution in [0.4, 0.5) is 5.69 Å². The minimum atomic E-state index is -0.591. The third kappa shape index (κ3) is 5.93. The Hall–Kier alpha value is -7.59. The van der Waals surface area contributed by atoms with Crippen molar-refractivity contribution in [2.75, 3.05) is 4.90 Å². The molecule has 0 radical (unpaired) electrons. The highest BCUT2D eigenvalue weighted by Gasteiger charge is 2.37. The molecule has 0 fully saturated rings. The number of amides is 2. The molecular formula is C48H33N3O7. The van der Waals surface area contributed by atoms with Crippen molar-refractivity contribution in [3.8, 4) is 11.4 Å². The maximum Gasteiger partial charge on any atom is 0.266 e. The Balaban J connectivity index is 0.940. The summed E-state index contributed by atoms with van der Waals surface area (Å²) in [5, 5.41) is 0.240. The molecule has 1 aliphatic rings. The highest BCUT2D eigenvalue weighted by atomic mass is 16.2. The standard InChI is InChI=1S/C48H33N3O7/c1-3-42(52)32-14-21-36-37(24-32)44(54)49(43(36)53)33-15-8-30(9-16-33)23-31-12-19-35(20-13-31)51-47(57)40-25-38-39(26-41(40)48(51)58)46(56)50(45(38)55)34-17-10-29(11-18-34)22-28-6-4-27(2)5-7-28/h4-21,24-26H,3,22-23H2,1-2H3. The van der Waals surface area contributed by atoms with Crippen LogP contribution in [-0.4, -0.2) is 26.7 Å². The molecule has 0 spiro atoms. The van der Waals surface area contributed by atoms with Gasteiger partial charge in [-0.25, -0.2) is 14.0 Å². The zero-order valence-corrected chi connectivity index (χ0v) is 31.4. The fourth-order valence-electron chi connectivity index (χ4n) is 7.76. The first-order chi connectivity index (χ1) is 28.0. The molecule has 0 bridgehead atoms. The Morgan fingerprint density at radius 3 is 1.24 bits per heavy atom. The van der Waals surface area contributed by atoms with E-state index < -0.39 is 34.1 Å². The normalized spacial score (nSPS) is 12.6. The lowest BCUT2D eigenvalue weighted by Crippen LogP contribution is -2.29. The van der Waals surface area contributed by atoms with E-state index in [2.05, 4.69) is 24.3 Å². The number of hydrogen-bond donors (Lipinski definition) is 0. The van der Waals surface area contributed by atoms with E-state index in [0.29, 0.717) is 35.5 Å². The largest absolute Gasteiger partial charge is 0.294 e. The fraction of sp³-hybridized carbons (Fsp3) is 0.104. The predicted octanol–water partition coefficient (Wildman–Crippen LogP) is 6.77. The van der Waals surface area contributed by atoms with Gasteiger partial charge in [0, 0.05) is 12.0 Å². The summed E-state index contributed by atoms with van der Waals surface area (Å²) in [5.41, 5.74) is 4.79. The van der Waals surface area contributed by atoms with Crippen molar-refractivity contribution in [1.29, 1.82) is 0 Å². The summed E-state index contributed by atoms with van der Waals surface area (Å²) in [7, 11) is 0. The second-order valence-corrected chi connectivity index (χ2v) is 14.7.